The Morgan fingerprint density at radius 3 is 2.76 bits per heavy atom. The molecule has 4 nitrogen and oxygen atoms in total. The van der Waals surface area contributed by atoms with Crippen molar-refractivity contribution in [1.29, 1.82) is 0 Å². The molecule has 25 heavy (non-hydrogen) atoms. The lowest BCUT2D eigenvalue weighted by atomic mass is 10.1. The third kappa shape index (κ3) is 4.92. The van der Waals surface area contributed by atoms with Crippen molar-refractivity contribution in [2.45, 2.75) is 26.2 Å². The van der Waals surface area contributed by atoms with Gasteiger partial charge in [0.2, 0.25) is 11.8 Å². The van der Waals surface area contributed by atoms with Crippen LogP contribution in [0.25, 0.3) is 0 Å². The van der Waals surface area contributed by atoms with E-state index in [2.05, 4.69) is 42.6 Å². The van der Waals surface area contributed by atoms with Gasteiger partial charge >= 0.3 is 0 Å². The molecule has 0 radical (unpaired) electrons. The van der Waals surface area contributed by atoms with E-state index in [4.69, 9.17) is 0 Å². The Morgan fingerprint density at radius 1 is 1.24 bits per heavy atom. The van der Waals surface area contributed by atoms with Crippen LogP contribution in [0.3, 0.4) is 0 Å². The van der Waals surface area contributed by atoms with Gasteiger partial charge in [-0.05, 0) is 36.8 Å². The Bertz CT molecular complexity index is 710. The number of aryl methyl sites for hydroxylation is 1. The second-order valence-electron chi connectivity index (χ2n) is 6.60. The summed E-state index contributed by atoms with van der Waals surface area (Å²) in [6.45, 7) is 3.92. The number of amides is 2. The molecular weight excluding hydrogens is 332 g/mol. The normalized spacial score (nSPS) is 17.1. The van der Waals surface area contributed by atoms with Gasteiger partial charge in [-0.1, -0.05) is 35.9 Å². The highest BCUT2D eigenvalue weighted by Crippen LogP contribution is 2.19. The van der Waals surface area contributed by atoms with Gasteiger partial charge in [0, 0.05) is 30.9 Å². The summed E-state index contributed by atoms with van der Waals surface area (Å²) in [5.74, 6) is -0.123. The third-order valence-electron chi connectivity index (χ3n) is 4.63. The molecule has 5 heteroatoms. The molecule has 1 aromatic heterocycles. The lowest BCUT2D eigenvalue weighted by Crippen LogP contribution is -2.34. The number of nitrogens with one attached hydrogen (secondary N) is 1. The van der Waals surface area contributed by atoms with Crippen molar-refractivity contribution < 1.29 is 9.59 Å². The van der Waals surface area contributed by atoms with Crippen LogP contribution in [0.4, 0.5) is 0 Å². The van der Waals surface area contributed by atoms with Gasteiger partial charge in [0.05, 0.1) is 5.92 Å². The molecule has 1 unspecified atom stereocenters. The summed E-state index contributed by atoms with van der Waals surface area (Å²) in [4.78, 5) is 27.6. The summed E-state index contributed by atoms with van der Waals surface area (Å²) < 4.78 is 0. The lowest BCUT2D eigenvalue weighted by Gasteiger charge is -2.16. The molecule has 1 aromatic carbocycles. The third-order valence-corrected chi connectivity index (χ3v) is 5.56. The molecule has 132 valence electrons. The largest absolute Gasteiger partial charge is 0.355 e. The molecule has 2 amide bonds. The summed E-state index contributed by atoms with van der Waals surface area (Å²) in [7, 11) is 0. The average Bonchev–Trinajstić information content (AvgIpc) is 3.24. The van der Waals surface area contributed by atoms with Crippen LogP contribution in [0.1, 0.15) is 22.4 Å². The maximum absolute atomic E-state index is 12.3. The highest BCUT2D eigenvalue weighted by Gasteiger charge is 2.33. The fourth-order valence-corrected chi connectivity index (χ4v) is 3.80. The van der Waals surface area contributed by atoms with Crippen LogP contribution in [-0.4, -0.2) is 36.3 Å². The lowest BCUT2D eigenvalue weighted by molar-refractivity contribution is -0.129. The SMILES string of the molecule is Cc1ccc(CCN2CC(C(=O)NCCc3cccs3)CC2=O)cc1. The zero-order valence-corrected chi connectivity index (χ0v) is 15.3. The Morgan fingerprint density at radius 2 is 2.04 bits per heavy atom. The van der Waals surface area contributed by atoms with Crippen LogP contribution in [0.15, 0.2) is 41.8 Å². The second kappa shape index (κ2) is 8.30. The fraction of sp³-hybridized carbons (Fsp3) is 0.400. The standard InChI is InChI=1S/C20H24N2O2S/c1-15-4-6-16(7-5-15)9-11-22-14-17(13-19(22)23)20(24)21-10-8-18-3-2-12-25-18/h2-7,12,17H,8-11,13-14H2,1H3,(H,21,24). The molecule has 0 bridgehead atoms. The van der Waals surface area contributed by atoms with Crippen LogP contribution in [0.2, 0.25) is 0 Å². The molecule has 1 fully saturated rings. The minimum absolute atomic E-state index is 0.00254. The van der Waals surface area contributed by atoms with Gasteiger partial charge < -0.3 is 10.2 Å². The van der Waals surface area contributed by atoms with E-state index < -0.39 is 0 Å². The van der Waals surface area contributed by atoms with Crippen molar-refractivity contribution in [3.05, 3.63) is 57.8 Å². The van der Waals surface area contributed by atoms with Crippen LogP contribution < -0.4 is 5.32 Å². The molecule has 0 spiro atoms. The van der Waals surface area contributed by atoms with E-state index in [1.807, 2.05) is 16.3 Å². The fourth-order valence-electron chi connectivity index (χ4n) is 3.09. The van der Waals surface area contributed by atoms with Gasteiger partial charge in [-0.3, -0.25) is 9.59 Å². The summed E-state index contributed by atoms with van der Waals surface area (Å²) in [6.07, 6.45) is 2.01. The topological polar surface area (TPSA) is 49.4 Å². The summed E-state index contributed by atoms with van der Waals surface area (Å²) in [6, 6.07) is 12.5. The zero-order chi connectivity index (χ0) is 17.6. The van der Waals surface area contributed by atoms with Crippen LogP contribution >= 0.6 is 11.3 Å². The minimum atomic E-state index is -0.214. The summed E-state index contributed by atoms with van der Waals surface area (Å²) >= 11 is 1.70. The smallest absolute Gasteiger partial charge is 0.225 e. The van der Waals surface area contributed by atoms with E-state index in [0.717, 1.165) is 12.8 Å². The first-order valence-electron chi connectivity index (χ1n) is 8.75. The van der Waals surface area contributed by atoms with Crippen molar-refractivity contribution in [1.82, 2.24) is 10.2 Å². The van der Waals surface area contributed by atoms with Gasteiger partial charge in [0.25, 0.3) is 0 Å². The van der Waals surface area contributed by atoms with E-state index in [0.29, 0.717) is 26.1 Å². The number of likely N-dealkylation sites (tertiary alicyclic amines) is 1. The van der Waals surface area contributed by atoms with Gasteiger partial charge in [-0.25, -0.2) is 0 Å². The molecule has 2 aromatic rings. The number of hydrogen-bond acceptors (Lipinski definition) is 3. The van der Waals surface area contributed by atoms with Gasteiger partial charge in [0.1, 0.15) is 0 Å². The number of rotatable bonds is 7. The van der Waals surface area contributed by atoms with E-state index >= 15 is 0 Å². The molecule has 1 saturated heterocycles. The summed E-state index contributed by atoms with van der Waals surface area (Å²) in [5.41, 5.74) is 2.46. The predicted molar refractivity (Wildman–Crippen MR) is 101 cm³/mol. The first kappa shape index (κ1) is 17.7. The quantitative estimate of drug-likeness (QED) is 0.829. The monoisotopic (exact) mass is 356 g/mol. The van der Waals surface area contributed by atoms with E-state index in [1.54, 1.807) is 11.3 Å². The maximum atomic E-state index is 12.3. The second-order valence-corrected chi connectivity index (χ2v) is 7.63. The van der Waals surface area contributed by atoms with Gasteiger partial charge in [0.15, 0.2) is 0 Å². The molecular formula is C20H24N2O2S. The molecule has 1 aliphatic rings. The molecule has 1 N–H and O–H groups in total. The Kier molecular flexibility index (Phi) is 5.87. The molecule has 0 aliphatic carbocycles. The van der Waals surface area contributed by atoms with Crippen molar-refractivity contribution in [3.63, 3.8) is 0 Å². The van der Waals surface area contributed by atoms with Gasteiger partial charge in [-0.15, -0.1) is 11.3 Å². The molecule has 0 saturated carbocycles. The highest BCUT2D eigenvalue weighted by molar-refractivity contribution is 7.09. The van der Waals surface area contributed by atoms with E-state index in [1.165, 1.54) is 16.0 Å². The predicted octanol–water partition coefficient (Wildman–Crippen LogP) is 2.81. The van der Waals surface area contributed by atoms with Crippen molar-refractivity contribution >= 4 is 23.2 Å². The first-order chi connectivity index (χ1) is 12.1. The molecule has 1 aliphatic heterocycles. The van der Waals surface area contributed by atoms with Gasteiger partial charge in [-0.2, -0.15) is 0 Å². The Labute approximate surface area is 152 Å². The number of carbonyl (C=O) groups excluding carboxylic acids is 2. The minimum Gasteiger partial charge on any atom is -0.355 e. The number of carbonyl (C=O) groups is 2. The highest BCUT2D eigenvalue weighted by atomic mass is 32.1. The summed E-state index contributed by atoms with van der Waals surface area (Å²) in [5, 5.41) is 5.01. The Hall–Kier alpha value is -2.14. The Balaban J connectivity index is 1.43. The number of benzene rings is 1. The number of nitrogens with zero attached hydrogens (tertiary/aromatic N) is 1. The van der Waals surface area contributed by atoms with Crippen molar-refractivity contribution in [2.24, 2.45) is 5.92 Å². The number of hydrogen-bond donors (Lipinski definition) is 1. The molecule has 2 heterocycles. The number of thiophene rings is 1. The average molecular weight is 356 g/mol. The van der Waals surface area contributed by atoms with Crippen LogP contribution in [0, 0.1) is 12.8 Å². The van der Waals surface area contributed by atoms with Crippen LogP contribution in [-0.2, 0) is 22.4 Å². The van der Waals surface area contributed by atoms with Crippen molar-refractivity contribution in [2.75, 3.05) is 19.6 Å². The van der Waals surface area contributed by atoms with E-state index in [-0.39, 0.29) is 17.7 Å². The maximum Gasteiger partial charge on any atom is 0.225 e. The van der Waals surface area contributed by atoms with Crippen LogP contribution in [0.5, 0.6) is 0 Å². The first-order valence-corrected chi connectivity index (χ1v) is 9.63. The zero-order valence-electron chi connectivity index (χ0n) is 14.5. The molecule has 1 atom stereocenters. The van der Waals surface area contributed by atoms with E-state index in [9.17, 15) is 9.59 Å². The van der Waals surface area contributed by atoms with Crippen molar-refractivity contribution in [3.8, 4) is 0 Å². The molecule has 3 rings (SSSR count).